The number of nitrogens with one attached hydrogen (secondary N) is 1. The van der Waals surface area contributed by atoms with Crippen molar-refractivity contribution in [2.45, 2.75) is 31.4 Å². The standard InChI is InChI=1S/C9H16N2O2/c10-8(12)5-11-7-3-4-13-9(7)6-1-2-6/h6-7,9,11H,1-5H2,(H2,10,12). The summed E-state index contributed by atoms with van der Waals surface area (Å²) in [4.78, 5) is 10.6. The molecule has 0 radical (unpaired) electrons. The minimum absolute atomic E-state index is 0.275. The Morgan fingerprint density at radius 1 is 1.46 bits per heavy atom. The Kier molecular flexibility index (Phi) is 2.51. The van der Waals surface area contributed by atoms with Gasteiger partial charge in [0.1, 0.15) is 0 Å². The molecule has 1 aliphatic carbocycles. The van der Waals surface area contributed by atoms with Crippen molar-refractivity contribution in [2.24, 2.45) is 11.7 Å². The van der Waals surface area contributed by atoms with Gasteiger partial charge in [-0.15, -0.1) is 0 Å². The normalized spacial score (nSPS) is 33.5. The molecule has 2 unspecified atom stereocenters. The van der Waals surface area contributed by atoms with E-state index >= 15 is 0 Å². The van der Waals surface area contributed by atoms with Crippen molar-refractivity contribution in [3.8, 4) is 0 Å². The van der Waals surface area contributed by atoms with Crippen molar-refractivity contribution in [1.29, 1.82) is 0 Å². The van der Waals surface area contributed by atoms with Crippen LogP contribution in [0.2, 0.25) is 0 Å². The molecule has 74 valence electrons. The van der Waals surface area contributed by atoms with Crippen molar-refractivity contribution >= 4 is 5.91 Å². The Bertz CT molecular complexity index is 204. The number of carbonyl (C=O) groups excluding carboxylic acids is 1. The first-order chi connectivity index (χ1) is 6.27. The molecular weight excluding hydrogens is 168 g/mol. The molecule has 2 fully saturated rings. The number of hydrogen-bond acceptors (Lipinski definition) is 3. The molecule has 0 aromatic heterocycles. The molecule has 1 saturated heterocycles. The first kappa shape index (κ1) is 8.97. The molecule has 1 heterocycles. The maximum atomic E-state index is 10.6. The van der Waals surface area contributed by atoms with Gasteiger partial charge in [-0.2, -0.15) is 0 Å². The van der Waals surface area contributed by atoms with Gasteiger partial charge < -0.3 is 15.8 Å². The summed E-state index contributed by atoms with van der Waals surface area (Å²) < 4.78 is 5.61. The van der Waals surface area contributed by atoms with Crippen LogP contribution in [0.3, 0.4) is 0 Å². The number of primary amides is 1. The third-order valence-corrected chi connectivity index (χ3v) is 2.76. The van der Waals surface area contributed by atoms with E-state index in [2.05, 4.69) is 5.32 Å². The van der Waals surface area contributed by atoms with Crippen LogP contribution >= 0.6 is 0 Å². The van der Waals surface area contributed by atoms with Crippen LogP contribution in [0, 0.1) is 5.92 Å². The summed E-state index contributed by atoms with van der Waals surface area (Å²) in [5, 5.41) is 3.15. The Labute approximate surface area is 77.8 Å². The average Bonchev–Trinajstić information content (AvgIpc) is 2.82. The van der Waals surface area contributed by atoms with Crippen LogP contribution in [0.4, 0.5) is 0 Å². The SMILES string of the molecule is NC(=O)CNC1CCOC1C1CC1. The third-order valence-electron chi connectivity index (χ3n) is 2.76. The molecule has 2 atom stereocenters. The Balaban J connectivity index is 1.79. The van der Waals surface area contributed by atoms with Crippen molar-refractivity contribution < 1.29 is 9.53 Å². The third kappa shape index (κ3) is 2.19. The lowest BCUT2D eigenvalue weighted by Gasteiger charge is -2.18. The first-order valence-corrected chi connectivity index (χ1v) is 4.90. The summed E-state index contributed by atoms with van der Waals surface area (Å²) in [5.74, 6) is 0.439. The van der Waals surface area contributed by atoms with E-state index in [0.717, 1.165) is 18.9 Å². The molecule has 4 nitrogen and oxygen atoms in total. The van der Waals surface area contributed by atoms with Gasteiger partial charge in [0.2, 0.25) is 5.91 Å². The van der Waals surface area contributed by atoms with Crippen molar-refractivity contribution in [3.63, 3.8) is 0 Å². The molecule has 3 N–H and O–H groups in total. The molecular formula is C9H16N2O2. The monoisotopic (exact) mass is 184 g/mol. The second kappa shape index (κ2) is 3.64. The highest BCUT2D eigenvalue weighted by Crippen LogP contribution is 2.38. The highest BCUT2D eigenvalue weighted by molar-refractivity contribution is 5.75. The topological polar surface area (TPSA) is 64.4 Å². The molecule has 2 rings (SSSR count). The van der Waals surface area contributed by atoms with E-state index in [1.165, 1.54) is 12.8 Å². The Morgan fingerprint density at radius 3 is 2.85 bits per heavy atom. The van der Waals surface area contributed by atoms with Crippen LogP contribution in [0.1, 0.15) is 19.3 Å². The minimum atomic E-state index is -0.290. The second-order valence-electron chi connectivity index (χ2n) is 3.92. The molecule has 1 amide bonds. The van der Waals surface area contributed by atoms with Gasteiger partial charge in [0.15, 0.2) is 0 Å². The summed E-state index contributed by atoms with van der Waals surface area (Å²) in [6, 6.07) is 0.347. The maximum absolute atomic E-state index is 10.6. The lowest BCUT2D eigenvalue weighted by Crippen LogP contribution is -2.42. The number of ether oxygens (including phenoxy) is 1. The quantitative estimate of drug-likeness (QED) is 0.626. The fourth-order valence-corrected chi connectivity index (χ4v) is 1.95. The van der Waals surface area contributed by atoms with Crippen molar-refractivity contribution in [3.05, 3.63) is 0 Å². The molecule has 0 bridgehead atoms. The van der Waals surface area contributed by atoms with Crippen LogP contribution in [0.15, 0.2) is 0 Å². The fourth-order valence-electron chi connectivity index (χ4n) is 1.95. The minimum Gasteiger partial charge on any atom is -0.376 e. The number of rotatable bonds is 4. The highest BCUT2D eigenvalue weighted by Gasteiger charge is 2.40. The smallest absolute Gasteiger partial charge is 0.231 e. The number of amides is 1. The van der Waals surface area contributed by atoms with Crippen LogP contribution in [-0.4, -0.2) is 31.2 Å². The van der Waals surface area contributed by atoms with E-state index in [-0.39, 0.29) is 12.5 Å². The molecule has 0 aromatic carbocycles. The molecule has 2 aliphatic rings. The lowest BCUT2D eigenvalue weighted by molar-refractivity contribution is -0.117. The van der Waals surface area contributed by atoms with Gasteiger partial charge in [-0.05, 0) is 25.2 Å². The van der Waals surface area contributed by atoms with E-state index in [0.29, 0.717) is 12.1 Å². The van der Waals surface area contributed by atoms with Crippen LogP contribution < -0.4 is 11.1 Å². The predicted octanol–water partition coefficient (Wildman–Crippen LogP) is -0.371. The van der Waals surface area contributed by atoms with E-state index in [4.69, 9.17) is 10.5 Å². The highest BCUT2D eigenvalue weighted by atomic mass is 16.5. The predicted molar refractivity (Wildman–Crippen MR) is 48.1 cm³/mol. The van der Waals surface area contributed by atoms with Gasteiger partial charge in [0.25, 0.3) is 0 Å². The van der Waals surface area contributed by atoms with Crippen LogP contribution in [0.5, 0.6) is 0 Å². The number of nitrogens with two attached hydrogens (primary N) is 1. The fraction of sp³-hybridized carbons (Fsp3) is 0.889. The van der Waals surface area contributed by atoms with Crippen LogP contribution in [-0.2, 0) is 9.53 Å². The summed E-state index contributed by atoms with van der Waals surface area (Å²) >= 11 is 0. The van der Waals surface area contributed by atoms with E-state index in [1.807, 2.05) is 0 Å². The summed E-state index contributed by atoms with van der Waals surface area (Å²) in [5.41, 5.74) is 5.07. The zero-order valence-electron chi connectivity index (χ0n) is 7.66. The zero-order chi connectivity index (χ0) is 9.26. The number of carbonyl (C=O) groups is 1. The summed E-state index contributed by atoms with van der Waals surface area (Å²) in [6.07, 6.45) is 3.90. The maximum Gasteiger partial charge on any atom is 0.231 e. The summed E-state index contributed by atoms with van der Waals surface area (Å²) in [7, 11) is 0. The molecule has 1 aliphatic heterocycles. The van der Waals surface area contributed by atoms with Crippen LogP contribution in [0.25, 0.3) is 0 Å². The molecule has 1 saturated carbocycles. The summed E-state index contributed by atoms with van der Waals surface area (Å²) in [6.45, 7) is 1.09. The van der Waals surface area contributed by atoms with Crippen molar-refractivity contribution in [2.75, 3.05) is 13.2 Å². The van der Waals surface area contributed by atoms with Gasteiger partial charge in [-0.25, -0.2) is 0 Å². The largest absolute Gasteiger partial charge is 0.376 e. The first-order valence-electron chi connectivity index (χ1n) is 4.90. The zero-order valence-corrected chi connectivity index (χ0v) is 7.66. The van der Waals surface area contributed by atoms with Gasteiger partial charge in [-0.1, -0.05) is 0 Å². The van der Waals surface area contributed by atoms with Gasteiger partial charge in [0.05, 0.1) is 12.6 Å². The van der Waals surface area contributed by atoms with E-state index in [9.17, 15) is 4.79 Å². The van der Waals surface area contributed by atoms with Crippen molar-refractivity contribution in [1.82, 2.24) is 5.32 Å². The second-order valence-corrected chi connectivity index (χ2v) is 3.92. The molecule has 0 spiro atoms. The van der Waals surface area contributed by atoms with E-state index < -0.39 is 0 Å². The van der Waals surface area contributed by atoms with Gasteiger partial charge >= 0.3 is 0 Å². The van der Waals surface area contributed by atoms with E-state index in [1.54, 1.807) is 0 Å². The van der Waals surface area contributed by atoms with Gasteiger partial charge in [0, 0.05) is 12.6 Å². The Morgan fingerprint density at radius 2 is 2.23 bits per heavy atom. The lowest BCUT2D eigenvalue weighted by atomic mass is 10.1. The van der Waals surface area contributed by atoms with Gasteiger partial charge in [-0.3, -0.25) is 4.79 Å². The number of hydrogen-bond donors (Lipinski definition) is 2. The molecule has 4 heteroatoms. The molecule has 0 aromatic rings. The average molecular weight is 184 g/mol. The molecule has 13 heavy (non-hydrogen) atoms. The Hall–Kier alpha value is -0.610.